The number of benzene rings is 2. The molecule has 0 unspecified atom stereocenters. The Labute approximate surface area is 167 Å². The SMILES string of the molecule is CC1(C)c2c(-c3ccccn3)cccc2-c2cccc(C34CCC(CC3)C4)c21. The van der Waals surface area contributed by atoms with E-state index in [1.807, 2.05) is 12.3 Å². The van der Waals surface area contributed by atoms with E-state index in [1.165, 1.54) is 54.4 Å². The van der Waals surface area contributed by atoms with Crippen LogP contribution in [0, 0.1) is 5.92 Å². The van der Waals surface area contributed by atoms with E-state index >= 15 is 0 Å². The fourth-order valence-corrected chi connectivity index (χ4v) is 6.77. The number of hydrogen-bond acceptors (Lipinski definition) is 1. The molecule has 0 amide bonds. The molecule has 0 aliphatic heterocycles. The molecule has 0 radical (unpaired) electrons. The van der Waals surface area contributed by atoms with Crippen molar-refractivity contribution in [3.63, 3.8) is 0 Å². The third kappa shape index (κ3) is 2.05. The number of pyridine rings is 1. The Balaban J connectivity index is 1.61. The second kappa shape index (κ2) is 5.56. The molecule has 2 fully saturated rings. The molecule has 0 atom stereocenters. The van der Waals surface area contributed by atoms with Gasteiger partial charge in [0.25, 0.3) is 0 Å². The Kier molecular flexibility index (Phi) is 3.29. The minimum absolute atomic E-state index is 0.00476. The molecule has 0 N–H and O–H groups in total. The summed E-state index contributed by atoms with van der Waals surface area (Å²) >= 11 is 0. The maximum Gasteiger partial charge on any atom is 0.0705 e. The summed E-state index contributed by atoms with van der Waals surface area (Å²) in [5.41, 5.74) is 10.4. The highest BCUT2D eigenvalue weighted by molar-refractivity contribution is 5.88. The lowest BCUT2D eigenvalue weighted by Crippen LogP contribution is -2.27. The van der Waals surface area contributed by atoms with Crippen molar-refractivity contribution < 1.29 is 0 Å². The Hall–Kier alpha value is -2.41. The average molecular weight is 366 g/mol. The van der Waals surface area contributed by atoms with Gasteiger partial charge in [-0.3, -0.25) is 4.98 Å². The molecule has 2 aromatic carbocycles. The van der Waals surface area contributed by atoms with Crippen LogP contribution in [-0.2, 0) is 10.8 Å². The van der Waals surface area contributed by atoms with Crippen molar-refractivity contribution in [2.45, 2.75) is 56.8 Å². The van der Waals surface area contributed by atoms with Gasteiger partial charge in [0, 0.05) is 17.2 Å². The van der Waals surface area contributed by atoms with E-state index in [0.717, 1.165) is 11.6 Å². The van der Waals surface area contributed by atoms with Crippen molar-refractivity contribution in [1.82, 2.24) is 4.98 Å². The van der Waals surface area contributed by atoms with E-state index in [4.69, 9.17) is 4.98 Å². The first kappa shape index (κ1) is 16.5. The Bertz CT molecular complexity index is 1070. The number of hydrogen-bond donors (Lipinski definition) is 0. The Morgan fingerprint density at radius 2 is 1.50 bits per heavy atom. The van der Waals surface area contributed by atoms with Gasteiger partial charge in [-0.1, -0.05) is 56.3 Å². The van der Waals surface area contributed by atoms with Crippen molar-refractivity contribution in [2.75, 3.05) is 0 Å². The summed E-state index contributed by atoms with van der Waals surface area (Å²) in [6.07, 6.45) is 8.93. The predicted molar refractivity (Wildman–Crippen MR) is 115 cm³/mol. The van der Waals surface area contributed by atoms with Crippen LogP contribution in [0.25, 0.3) is 22.4 Å². The van der Waals surface area contributed by atoms with Gasteiger partial charge in [-0.05, 0) is 83.4 Å². The zero-order chi connectivity index (χ0) is 18.9. The van der Waals surface area contributed by atoms with E-state index in [1.54, 1.807) is 11.1 Å². The summed E-state index contributed by atoms with van der Waals surface area (Å²) < 4.78 is 0. The van der Waals surface area contributed by atoms with Crippen LogP contribution in [0.3, 0.4) is 0 Å². The summed E-state index contributed by atoms with van der Waals surface area (Å²) in [6.45, 7) is 4.87. The summed E-state index contributed by atoms with van der Waals surface area (Å²) in [5, 5.41) is 0. The third-order valence-electron chi connectivity index (χ3n) is 7.92. The van der Waals surface area contributed by atoms with Gasteiger partial charge in [0.2, 0.25) is 0 Å². The van der Waals surface area contributed by atoms with E-state index < -0.39 is 0 Å². The molecule has 0 spiro atoms. The highest BCUT2D eigenvalue weighted by atomic mass is 14.7. The lowest BCUT2D eigenvalue weighted by Gasteiger charge is -2.34. The molecule has 28 heavy (non-hydrogen) atoms. The van der Waals surface area contributed by atoms with Gasteiger partial charge in [-0.2, -0.15) is 0 Å². The van der Waals surface area contributed by atoms with E-state index in [-0.39, 0.29) is 5.41 Å². The maximum atomic E-state index is 4.69. The number of aromatic nitrogens is 1. The van der Waals surface area contributed by atoms with E-state index in [2.05, 4.69) is 62.4 Å². The first-order valence-electron chi connectivity index (χ1n) is 10.8. The summed E-state index contributed by atoms with van der Waals surface area (Å²) in [4.78, 5) is 4.69. The van der Waals surface area contributed by atoms with Crippen molar-refractivity contribution in [3.8, 4) is 22.4 Å². The van der Waals surface area contributed by atoms with Gasteiger partial charge in [0.1, 0.15) is 0 Å². The van der Waals surface area contributed by atoms with Gasteiger partial charge < -0.3 is 0 Å². The lowest BCUT2D eigenvalue weighted by molar-refractivity contribution is 0.412. The minimum Gasteiger partial charge on any atom is -0.256 e. The summed E-state index contributed by atoms with van der Waals surface area (Å²) in [6, 6.07) is 20.2. The molecule has 0 saturated heterocycles. The van der Waals surface area contributed by atoms with Gasteiger partial charge in [-0.15, -0.1) is 0 Å². The van der Waals surface area contributed by atoms with Crippen molar-refractivity contribution in [1.29, 1.82) is 0 Å². The average Bonchev–Trinajstić information content (AvgIpc) is 3.41. The molecule has 1 heteroatoms. The van der Waals surface area contributed by atoms with Crippen LogP contribution in [0.2, 0.25) is 0 Å². The maximum absolute atomic E-state index is 4.69. The topological polar surface area (TPSA) is 12.9 Å². The first-order valence-corrected chi connectivity index (χ1v) is 10.8. The minimum atomic E-state index is 0.00476. The standard InChI is InChI=1S/C27H27N/c1-26(2)24-19(7-5-9-21(24)23-11-3-4-16-28-23)20-8-6-10-22(25(20)26)27-14-12-18(17-27)13-15-27/h3-11,16,18H,12-15,17H2,1-2H3. The summed E-state index contributed by atoms with van der Waals surface area (Å²) in [5.74, 6) is 0.965. The van der Waals surface area contributed by atoms with Crippen LogP contribution in [0.1, 0.15) is 62.6 Å². The number of nitrogens with zero attached hydrogens (tertiary/aromatic N) is 1. The molecule has 6 rings (SSSR count). The fourth-order valence-electron chi connectivity index (χ4n) is 6.77. The van der Waals surface area contributed by atoms with Gasteiger partial charge in [0.15, 0.2) is 0 Å². The van der Waals surface area contributed by atoms with Gasteiger partial charge in [-0.25, -0.2) is 0 Å². The molecule has 140 valence electrons. The molecule has 3 aromatic rings. The molecular weight excluding hydrogens is 338 g/mol. The molecule has 2 bridgehead atoms. The van der Waals surface area contributed by atoms with Crippen LogP contribution in [0.15, 0.2) is 60.8 Å². The van der Waals surface area contributed by atoms with E-state index in [9.17, 15) is 0 Å². The molecule has 3 aliphatic rings. The highest BCUT2D eigenvalue weighted by Gasteiger charge is 2.50. The first-order chi connectivity index (χ1) is 13.6. The second-order valence-corrected chi connectivity index (χ2v) is 9.72. The van der Waals surface area contributed by atoms with Crippen LogP contribution >= 0.6 is 0 Å². The van der Waals surface area contributed by atoms with Crippen molar-refractivity contribution >= 4 is 0 Å². The third-order valence-corrected chi connectivity index (χ3v) is 7.92. The predicted octanol–water partition coefficient (Wildman–Crippen LogP) is 6.89. The smallest absolute Gasteiger partial charge is 0.0705 e. The second-order valence-electron chi connectivity index (χ2n) is 9.72. The normalized spacial score (nSPS) is 26.3. The van der Waals surface area contributed by atoms with E-state index in [0.29, 0.717) is 5.41 Å². The monoisotopic (exact) mass is 365 g/mol. The lowest BCUT2D eigenvalue weighted by atomic mass is 9.69. The molecule has 3 aliphatic carbocycles. The fraction of sp³-hybridized carbons (Fsp3) is 0.370. The summed E-state index contributed by atoms with van der Waals surface area (Å²) in [7, 11) is 0. The number of rotatable bonds is 2. The zero-order valence-corrected chi connectivity index (χ0v) is 16.8. The Morgan fingerprint density at radius 1 is 0.786 bits per heavy atom. The van der Waals surface area contributed by atoms with Crippen LogP contribution in [-0.4, -0.2) is 4.98 Å². The van der Waals surface area contributed by atoms with Crippen LogP contribution < -0.4 is 0 Å². The van der Waals surface area contributed by atoms with Gasteiger partial charge in [0.05, 0.1) is 5.69 Å². The number of fused-ring (bicyclic) bond motifs is 5. The molecular formula is C27H27N. The van der Waals surface area contributed by atoms with Gasteiger partial charge >= 0.3 is 0 Å². The van der Waals surface area contributed by atoms with Crippen molar-refractivity contribution in [3.05, 3.63) is 77.5 Å². The quantitative estimate of drug-likeness (QED) is 0.482. The van der Waals surface area contributed by atoms with Crippen molar-refractivity contribution in [2.24, 2.45) is 5.92 Å². The molecule has 1 heterocycles. The zero-order valence-electron chi connectivity index (χ0n) is 16.8. The highest BCUT2D eigenvalue weighted by Crippen LogP contribution is 2.61. The largest absolute Gasteiger partial charge is 0.256 e. The van der Waals surface area contributed by atoms with Crippen LogP contribution in [0.4, 0.5) is 0 Å². The molecule has 2 saturated carbocycles. The Morgan fingerprint density at radius 3 is 2.18 bits per heavy atom. The molecule has 1 aromatic heterocycles. The molecule has 1 nitrogen and oxygen atoms in total. The van der Waals surface area contributed by atoms with Crippen LogP contribution in [0.5, 0.6) is 0 Å².